The van der Waals surface area contributed by atoms with Crippen molar-refractivity contribution in [2.24, 2.45) is 0 Å². The predicted octanol–water partition coefficient (Wildman–Crippen LogP) is 6.48. The SMILES string of the molecule is CCC(C)NC(=O)C(C)N(Cc1cccc(Cl)c1)C(=O)CN(c1cccc(Cl)c1Cl)S(=O)(=O)c1ccc(C)cc1. The van der Waals surface area contributed by atoms with Crippen LogP contribution >= 0.6 is 34.8 Å². The van der Waals surface area contributed by atoms with Crippen molar-refractivity contribution in [1.29, 1.82) is 0 Å². The van der Waals surface area contributed by atoms with E-state index in [2.05, 4.69) is 5.32 Å². The summed E-state index contributed by atoms with van der Waals surface area (Å²) in [5.74, 6) is -0.975. The molecule has 11 heteroatoms. The Morgan fingerprint density at radius 3 is 2.23 bits per heavy atom. The van der Waals surface area contributed by atoms with Gasteiger partial charge in [-0.05, 0) is 69.2 Å². The van der Waals surface area contributed by atoms with Gasteiger partial charge in [0.05, 0.1) is 20.6 Å². The third-order valence-electron chi connectivity index (χ3n) is 6.50. The van der Waals surface area contributed by atoms with E-state index >= 15 is 0 Å². The van der Waals surface area contributed by atoms with E-state index in [1.165, 1.54) is 29.2 Å². The van der Waals surface area contributed by atoms with Crippen molar-refractivity contribution in [3.05, 3.63) is 92.9 Å². The standard InChI is InChI=1S/C29H32Cl3N3O4S/c1-5-20(3)33-29(37)21(4)34(17-22-8-6-9-23(30)16-22)27(36)18-35(26-11-7-10-25(31)28(26)32)40(38,39)24-14-12-19(2)13-15-24/h6-16,20-21H,5,17-18H2,1-4H3,(H,33,37). The Bertz CT molecular complexity index is 1470. The Balaban J connectivity index is 2.07. The zero-order valence-electron chi connectivity index (χ0n) is 22.7. The first-order valence-corrected chi connectivity index (χ1v) is 15.3. The summed E-state index contributed by atoms with van der Waals surface area (Å²) in [7, 11) is -4.27. The fraction of sp³-hybridized carbons (Fsp3) is 0.310. The lowest BCUT2D eigenvalue weighted by Gasteiger charge is -2.32. The van der Waals surface area contributed by atoms with Gasteiger partial charge in [0.25, 0.3) is 10.0 Å². The first-order chi connectivity index (χ1) is 18.8. The number of anilines is 1. The monoisotopic (exact) mass is 623 g/mol. The topological polar surface area (TPSA) is 86.8 Å². The molecule has 0 radical (unpaired) electrons. The Morgan fingerprint density at radius 1 is 0.950 bits per heavy atom. The minimum atomic E-state index is -4.27. The molecule has 214 valence electrons. The van der Waals surface area contributed by atoms with Gasteiger partial charge in [-0.25, -0.2) is 8.42 Å². The molecule has 0 saturated carbocycles. The highest BCUT2D eigenvalue weighted by atomic mass is 35.5. The van der Waals surface area contributed by atoms with Crippen molar-refractivity contribution in [2.45, 2.75) is 57.6 Å². The largest absolute Gasteiger partial charge is 0.352 e. The van der Waals surface area contributed by atoms with E-state index in [0.29, 0.717) is 17.0 Å². The predicted molar refractivity (Wildman–Crippen MR) is 162 cm³/mol. The normalized spacial score (nSPS) is 12.9. The number of nitrogens with one attached hydrogen (secondary N) is 1. The molecular weight excluding hydrogens is 593 g/mol. The first-order valence-electron chi connectivity index (χ1n) is 12.7. The lowest BCUT2D eigenvalue weighted by Crippen LogP contribution is -2.52. The highest BCUT2D eigenvalue weighted by Crippen LogP contribution is 2.35. The average Bonchev–Trinajstić information content (AvgIpc) is 2.91. The van der Waals surface area contributed by atoms with Crippen molar-refractivity contribution in [3.8, 4) is 0 Å². The van der Waals surface area contributed by atoms with Gasteiger partial charge in [0.1, 0.15) is 12.6 Å². The molecule has 0 aliphatic carbocycles. The number of benzene rings is 3. The quantitative estimate of drug-likeness (QED) is 0.265. The highest BCUT2D eigenvalue weighted by molar-refractivity contribution is 7.92. The molecule has 0 heterocycles. The zero-order valence-corrected chi connectivity index (χ0v) is 25.8. The molecule has 7 nitrogen and oxygen atoms in total. The number of carbonyl (C=O) groups excluding carboxylic acids is 2. The van der Waals surface area contributed by atoms with Gasteiger partial charge in [-0.1, -0.05) is 77.6 Å². The fourth-order valence-electron chi connectivity index (χ4n) is 3.92. The Kier molecular flexibility index (Phi) is 10.9. The molecule has 3 rings (SSSR count). The number of hydrogen-bond acceptors (Lipinski definition) is 4. The molecule has 3 aromatic rings. The summed E-state index contributed by atoms with van der Waals surface area (Å²) in [5.41, 5.74) is 1.59. The first kappa shape index (κ1) is 31.7. The van der Waals surface area contributed by atoms with Crippen LogP contribution in [0.3, 0.4) is 0 Å². The smallest absolute Gasteiger partial charge is 0.264 e. The maximum Gasteiger partial charge on any atom is 0.264 e. The Labute approximate surface area is 251 Å². The number of hydrogen-bond donors (Lipinski definition) is 1. The molecule has 3 aromatic carbocycles. The molecule has 0 aromatic heterocycles. The lowest BCUT2D eigenvalue weighted by atomic mass is 10.1. The third kappa shape index (κ3) is 7.69. The molecule has 0 fully saturated rings. The van der Waals surface area contributed by atoms with Crippen LogP contribution in [-0.2, 0) is 26.2 Å². The zero-order chi connectivity index (χ0) is 29.6. The minimum Gasteiger partial charge on any atom is -0.352 e. The minimum absolute atomic E-state index is 0.0170. The summed E-state index contributed by atoms with van der Waals surface area (Å²) < 4.78 is 28.8. The molecule has 40 heavy (non-hydrogen) atoms. The summed E-state index contributed by atoms with van der Waals surface area (Å²) in [6.07, 6.45) is 0.705. The van der Waals surface area contributed by atoms with Crippen LogP contribution in [-0.4, -0.2) is 43.8 Å². The Morgan fingerprint density at radius 2 is 1.60 bits per heavy atom. The van der Waals surface area contributed by atoms with Crippen LogP contribution in [0, 0.1) is 6.92 Å². The van der Waals surface area contributed by atoms with Crippen molar-refractivity contribution >= 4 is 62.3 Å². The van der Waals surface area contributed by atoms with E-state index in [1.807, 2.05) is 20.8 Å². The molecule has 0 bridgehead atoms. The molecule has 0 aliphatic heterocycles. The maximum atomic E-state index is 14.0. The lowest BCUT2D eigenvalue weighted by molar-refractivity contribution is -0.139. The van der Waals surface area contributed by atoms with Gasteiger partial charge in [0.15, 0.2) is 0 Å². The van der Waals surface area contributed by atoms with Gasteiger partial charge in [-0.3, -0.25) is 13.9 Å². The molecule has 2 amide bonds. The van der Waals surface area contributed by atoms with Crippen LogP contribution in [0.4, 0.5) is 5.69 Å². The summed E-state index contributed by atoms with van der Waals surface area (Å²) in [6, 6.07) is 16.7. The molecular formula is C29H32Cl3N3O4S. The van der Waals surface area contributed by atoms with Gasteiger partial charge < -0.3 is 10.2 Å². The van der Waals surface area contributed by atoms with Crippen molar-refractivity contribution in [1.82, 2.24) is 10.2 Å². The Hall–Kier alpha value is -2.78. The number of rotatable bonds is 11. The number of carbonyl (C=O) groups is 2. The number of sulfonamides is 1. The van der Waals surface area contributed by atoms with Crippen LogP contribution in [0.2, 0.25) is 15.1 Å². The molecule has 0 spiro atoms. The van der Waals surface area contributed by atoms with Crippen LogP contribution in [0.25, 0.3) is 0 Å². The van der Waals surface area contributed by atoms with E-state index in [-0.39, 0.29) is 39.1 Å². The van der Waals surface area contributed by atoms with Crippen LogP contribution in [0.15, 0.2) is 71.6 Å². The molecule has 2 unspecified atom stereocenters. The van der Waals surface area contributed by atoms with Crippen LogP contribution < -0.4 is 9.62 Å². The van der Waals surface area contributed by atoms with Gasteiger partial charge in [-0.2, -0.15) is 0 Å². The van der Waals surface area contributed by atoms with Gasteiger partial charge in [0, 0.05) is 17.6 Å². The van der Waals surface area contributed by atoms with Crippen molar-refractivity contribution < 1.29 is 18.0 Å². The van der Waals surface area contributed by atoms with Crippen molar-refractivity contribution in [2.75, 3.05) is 10.8 Å². The summed E-state index contributed by atoms with van der Waals surface area (Å²) in [6.45, 7) is 6.64. The van der Waals surface area contributed by atoms with E-state index in [4.69, 9.17) is 34.8 Å². The third-order valence-corrected chi connectivity index (χ3v) is 9.32. The van der Waals surface area contributed by atoms with Crippen LogP contribution in [0.1, 0.15) is 38.3 Å². The second-order valence-corrected chi connectivity index (χ2v) is 12.6. The number of aryl methyl sites for hydroxylation is 1. The molecule has 2 atom stereocenters. The summed E-state index contributed by atoms with van der Waals surface area (Å²) in [4.78, 5) is 28.4. The number of amides is 2. The van der Waals surface area contributed by atoms with E-state index in [0.717, 1.165) is 9.87 Å². The fourth-order valence-corrected chi connectivity index (χ4v) is 6.00. The molecule has 1 N–H and O–H groups in total. The highest BCUT2D eigenvalue weighted by Gasteiger charge is 2.34. The second-order valence-electron chi connectivity index (χ2n) is 9.54. The molecule has 0 saturated heterocycles. The summed E-state index contributed by atoms with van der Waals surface area (Å²) in [5, 5.41) is 3.48. The van der Waals surface area contributed by atoms with Gasteiger partial charge >= 0.3 is 0 Å². The molecule has 0 aliphatic rings. The van der Waals surface area contributed by atoms with Crippen molar-refractivity contribution in [3.63, 3.8) is 0 Å². The van der Waals surface area contributed by atoms with E-state index in [1.54, 1.807) is 49.4 Å². The van der Waals surface area contributed by atoms with E-state index in [9.17, 15) is 18.0 Å². The van der Waals surface area contributed by atoms with Gasteiger partial charge in [-0.15, -0.1) is 0 Å². The maximum absolute atomic E-state index is 14.0. The van der Waals surface area contributed by atoms with Gasteiger partial charge in [0.2, 0.25) is 11.8 Å². The van der Waals surface area contributed by atoms with E-state index < -0.39 is 28.5 Å². The van der Waals surface area contributed by atoms with Crippen LogP contribution in [0.5, 0.6) is 0 Å². The number of nitrogens with zero attached hydrogens (tertiary/aromatic N) is 2. The second kappa shape index (κ2) is 13.7. The summed E-state index contributed by atoms with van der Waals surface area (Å²) >= 11 is 18.9. The number of halogens is 3. The average molecular weight is 625 g/mol.